The van der Waals surface area contributed by atoms with Crippen molar-refractivity contribution in [3.8, 4) is 0 Å². The Morgan fingerprint density at radius 3 is 2.31 bits per heavy atom. The SMILES string of the molecule is C=C/C=C/CNC(=C)C(=C)NCCc1ccccc1C(=C)NC(C)c1cccc2ccccc12.CC. The van der Waals surface area contributed by atoms with Gasteiger partial charge in [-0.05, 0) is 35.2 Å². The summed E-state index contributed by atoms with van der Waals surface area (Å²) in [5, 5.41) is 12.7. The normalized spacial score (nSPS) is 11.2. The predicted molar refractivity (Wildman–Crippen MR) is 160 cm³/mol. The molecule has 1 unspecified atom stereocenters. The van der Waals surface area contributed by atoms with Crippen molar-refractivity contribution < 1.29 is 0 Å². The van der Waals surface area contributed by atoms with Gasteiger partial charge >= 0.3 is 0 Å². The lowest BCUT2D eigenvalue weighted by Crippen LogP contribution is -2.24. The molecule has 0 aliphatic carbocycles. The Morgan fingerprint density at radius 1 is 0.861 bits per heavy atom. The fraction of sp³-hybridized carbons (Fsp3) is 0.212. The molecule has 3 aromatic carbocycles. The van der Waals surface area contributed by atoms with E-state index in [0.29, 0.717) is 6.54 Å². The van der Waals surface area contributed by atoms with Gasteiger partial charge in [-0.1, -0.05) is 125 Å². The van der Waals surface area contributed by atoms with E-state index in [0.717, 1.165) is 35.6 Å². The van der Waals surface area contributed by atoms with Crippen LogP contribution in [0.15, 0.2) is 123 Å². The first kappa shape index (κ1) is 28.3. The van der Waals surface area contributed by atoms with E-state index in [2.05, 4.69) is 116 Å². The largest absolute Gasteiger partial charge is 0.384 e. The monoisotopic (exact) mass is 479 g/mol. The van der Waals surface area contributed by atoms with Crippen molar-refractivity contribution in [2.75, 3.05) is 13.1 Å². The van der Waals surface area contributed by atoms with Gasteiger partial charge < -0.3 is 16.0 Å². The molecule has 3 N–H and O–H groups in total. The summed E-state index contributed by atoms with van der Waals surface area (Å²) >= 11 is 0. The van der Waals surface area contributed by atoms with E-state index in [4.69, 9.17) is 0 Å². The van der Waals surface area contributed by atoms with Crippen LogP contribution in [-0.2, 0) is 6.42 Å². The highest BCUT2D eigenvalue weighted by Gasteiger charge is 2.12. The third-order valence-corrected chi connectivity index (χ3v) is 5.83. The third kappa shape index (κ3) is 8.06. The fourth-order valence-electron chi connectivity index (χ4n) is 3.99. The number of hydrogen-bond donors (Lipinski definition) is 3. The molecule has 0 fully saturated rings. The molecule has 0 spiro atoms. The first-order chi connectivity index (χ1) is 17.5. The second-order valence-corrected chi connectivity index (χ2v) is 8.25. The van der Waals surface area contributed by atoms with E-state index in [9.17, 15) is 0 Å². The predicted octanol–water partition coefficient (Wildman–Crippen LogP) is 7.68. The maximum Gasteiger partial charge on any atom is 0.0499 e. The molecule has 1 atom stereocenters. The molecule has 3 nitrogen and oxygen atoms in total. The lowest BCUT2D eigenvalue weighted by Gasteiger charge is -2.21. The molecule has 3 aromatic rings. The summed E-state index contributed by atoms with van der Waals surface area (Å²) in [6.07, 6.45) is 6.48. The van der Waals surface area contributed by atoms with Crippen molar-refractivity contribution in [3.05, 3.63) is 139 Å². The highest BCUT2D eigenvalue weighted by Crippen LogP contribution is 2.26. The molecule has 0 amide bonds. The number of fused-ring (bicyclic) bond motifs is 1. The average molecular weight is 480 g/mol. The minimum absolute atomic E-state index is 0.133. The van der Waals surface area contributed by atoms with E-state index in [-0.39, 0.29) is 6.04 Å². The van der Waals surface area contributed by atoms with Crippen LogP contribution in [0.1, 0.15) is 43.5 Å². The van der Waals surface area contributed by atoms with E-state index >= 15 is 0 Å². The minimum Gasteiger partial charge on any atom is -0.384 e. The molecule has 3 heteroatoms. The standard InChI is InChI=1S/C31H35N3.C2H6/c1-6-7-12-21-32-23(2)24(3)33-22-20-28-15-8-10-17-29(28)25(4)34-26(5)30-19-13-16-27-14-9-11-18-31(27)30;1-2/h6-19,26,32-34H,1-4,20-22H2,5H3;1-2H3/b12-7+;. The van der Waals surface area contributed by atoms with Crippen molar-refractivity contribution in [3.63, 3.8) is 0 Å². The van der Waals surface area contributed by atoms with E-state index in [1.807, 2.05) is 26.0 Å². The van der Waals surface area contributed by atoms with Crippen molar-refractivity contribution in [1.82, 2.24) is 16.0 Å². The molecule has 0 radical (unpaired) electrons. The van der Waals surface area contributed by atoms with Crippen LogP contribution in [0.3, 0.4) is 0 Å². The van der Waals surface area contributed by atoms with Crippen LogP contribution in [0.25, 0.3) is 16.5 Å². The molecule has 0 saturated heterocycles. The Hall–Kier alpha value is -3.98. The van der Waals surface area contributed by atoms with Gasteiger partial charge in [0.2, 0.25) is 0 Å². The van der Waals surface area contributed by atoms with Gasteiger partial charge in [0.05, 0.1) is 0 Å². The van der Waals surface area contributed by atoms with Crippen LogP contribution in [0.4, 0.5) is 0 Å². The maximum absolute atomic E-state index is 4.36. The lowest BCUT2D eigenvalue weighted by atomic mass is 9.98. The number of rotatable bonds is 13. The lowest BCUT2D eigenvalue weighted by molar-refractivity contribution is 0.705. The van der Waals surface area contributed by atoms with E-state index in [1.165, 1.54) is 21.9 Å². The summed E-state index contributed by atoms with van der Waals surface area (Å²) in [6, 6.07) is 23.5. The van der Waals surface area contributed by atoms with Gasteiger partial charge in [0.1, 0.15) is 0 Å². The first-order valence-corrected chi connectivity index (χ1v) is 12.7. The maximum atomic E-state index is 4.36. The van der Waals surface area contributed by atoms with Crippen molar-refractivity contribution in [2.24, 2.45) is 0 Å². The Labute approximate surface area is 218 Å². The summed E-state index contributed by atoms with van der Waals surface area (Å²) in [4.78, 5) is 0. The Morgan fingerprint density at radius 2 is 1.53 bits per heavy atom. The first-order valence-electron chi connectivity index (χ1n) is 12.7. The smallest absolute Gasteiger partial charge is 0.0499 e. The van der Waals surface area contributed by atoms with Gasteiger partial charge in [-0.3, -0.25) is 0 Å². The average Bonchev–Trinajstić information content (AvgIpc) is 2.91. The Bertz CT molecular complexity index is 1200. The zero-order valence-corrected chi connectivity index (χ0v) is 22.1. The van der Waals surface area contributed by atoms with Gasteiger partial charge in [0, 0.05) is 41.8 Å². The van der Waals surface area contributed by atoms with Crippen LogP contribution in [0, 0.1) is 0 Å². The van der Waals surface area contributed by atoms with Crippen LogP contribution in [0.5, 0.6) is 0 Å². The minimum atomic E-state index is 0.133. The Balaban J connectivity index is 0.00000222. The van der Waals surface area contributed by atoms with Crippen molar-refractivity contribution >= 4 is 16.5 Å². The molecule has 0 heterocycles. The summed E-state index contributed by atoms with van der Waals surface area (Å²) in [7, 11) is 0. The van der Waals surface area contributed by atoms with E-state index in [1.54, 1.807) is 6.08 Å². The van der Waals surface area contributed by atoms with Crippen molar-refractivity contribution in [1.29, 1.82) is 0 Å². The molecular formula is C33H41N3. The fourth-order valence-corrected chi connectivity index (χ4v) is 3.99. The van der Waals surface area contributed by atoms with Gasteiger partial charge in [-0.25, -0.2) is 0 Å². The number of allylic oxidation sites excluding steroid dienone is 2. The molecule has 0 aromatic heterocycles. The molecule has 0 aliphatic heterocycles. The van der Waals surface area contributed by atoms with Gasteiger partial charge in [-0.15, -0.1) is 0 Å². The van der Waals surface area contributed by atoms with Gasteiger partial charge in [0.15, 0.2) is 0 Å². The molecular weight excluding hydrogens is 438 g/mol. The van der Waals surface area contributed by atoms with Crippen molar-refractivity contribution in [2.45, 2.75) is 33.2 Å². The number of benzene rings is 3. The zero-order valence-electron chi connectivity index (χ0n) is 22.1. The zero-order chi connectivity index (χ0) is 26.3. The van der Waals surface area contributed by atoms with Crippen LogP contribution in [-0.4, -0.2) is 13.1 Å². The summed E-state index contributed by atoms with van der Waals surface area (Å²) < 4.78 is 0. The van der Waals surface area contributed by atoms with Gasteiger partial charge in [-0.2, -0.15) is 0 Å². The van der Waals surface area contributed by atoms with Gasteiger partial charge in [0.25, 0.3) is 0 Å². The topological polar surface area (TPSA) is 36.1 Å². The molecule has 0 aliphatic rings. The molecule has 3 rings (SSSR count). The third-order valence-electron chi connectivity index (χ3n) is 5.83. The van der Waals surface area contributed by atoms with Crippen LogP contribution >= 0.6 is 0 Å². The van der Waals surface area contributed by atoms with Crippen LogP contribution in [0.2, 0.25) is 0 Å². The molecule has 188 valence electrons. The Kier molecular flexibility index (Phi) is 11.9. The summed E-state index contributed by atoms with van der Waals surface area (Å²) in [5.74, 6) is 0. The second-order valence-electron chi connectivity index (χ2n) is 8.25. The summed E-state index contributed by atoms with van der Waals surface area (Å²) in [6.45, 7) is 23.8. The van der Waals surface area contributed by atoms with E-state index < -0.39 is 0 Å². The molecule has 0 bridgehead atoms. The molecule has 0 saturated carbocycles. The quantitative estimate of drug-likeness (QED) is 0.220. The summed E-state index contributed by atoms with van der Waals surface area (Å²) in [5.41, 5.74) is 6.15. The highest BCUT2D eigenvalue weighted by atomic mass is 15.0. The number of nitrogens with one attached hydrogen (secondary N) is 3. The van der Waals surface area contributed by atoms with Crippen LogP contribution < -0.4 is 16.0 Å². The highest BCUT2D eigenvalue weighted by molar-refractivity contribution is 5.86. The second kappa shape index (κ2) is 15.1. The molecule has 36 heavy (non-hydrogen) atoms. The number of hydrogen-bond acceptors (Lipinski definition) is 3.